The van der Waals surface area contributed by atoms with Gasteiger partial charge in [0.05, 0.1) is 7.11 Å². The molecular weight excluding hydrogens is 160 g/mol. The number of aliphatic hydroxyl groups is 1. The van der Waals surface area contributed by atoms with Crippen LogP contribution in [0.4, 0.5) is 0 Å². The number of ether oxygens (including phenoxy) is 1. The van der Waals surface area contributed by atoms with Crippen molar-refractivity contribution in [2.75, 3.05) is 7.11 Å². The van der Waals surface area contributed by atoms with Gasteiger partial charge in [0.2, 0.25) is 0 Å². The number of rotatable bonds is 2. The number of allylic oxidation sites excluding steroid dienone is 1. The Morgan fingerprint density at radius 3 is 2.92 bits per heavy atom. The molecule has 0 saturated carbocycles. The first-order chi connectivity index (χ1) is 5.65. The third kappa shape index (κ3) is 1.71. The SMILES string of the molecule is COC(=O)C(O)C1C=CC(=O)C1. The minimum atomic E-state index is -1.21. The second-order valence-electron chi connectivity index (χ2n) is 2.66. The van der Waals surface area contributed by atoms with Gasteiger partial charge in [-0.1, -0.05) is 6.08 Å². The van der Waals surface area contributed by atoms with E-state index in [0.717, 1.165) is 0 Å². The fourth-order valence-electron chi connectivity index (χ4n) is 1.11. The highest BCUT2D eigenvalue weighted by atomic mass is 16.5. The molecule has 4 nitrogen and oxygen atoms in total. The summed E-state index contributed by atoms with van der Waals surface area (Å²) < 4.78 is 4.33. The van der Waals surface area contributed by atoms with Gasteiger partial charge in [-0.3, -0.25) is 4.79 Å². The zero-order valence-electron chi connectivity index (χ0n) is 6.69. The third-order valence-corrected chi connectivity index (χ3v) is 1.81. The van der Waals surface area contributed by atoms with Crippen molar-refractivity contribution >= 4 is 11.8 Å². The maximum atomic E-state index is 10.8. The van der Waals surface area contributed by atoms with Gasteiger partial charge in [-0.05, 0) is 6.08 Å². The molecule has 0 aromatic rings. The molecule has 0 bridgehead atoms. The lowest BCUT2D eigenvalue weighted by molar-refractivity contribution is -0.152. The zero-order valence-corrected chi connectivity index (χ0v) is 6.69. The Kier molecular flexibility index (Phi) is 2.60. The molecule has 0 aromatic carbocycles. The Morgan fingerprint density at radius 1 is 1.83 bits per heavy atom. The minimum Gasteiger partial charge on any atom is -0.467 e. The molecule has 4 heteroatoms. The van der Waals surface area contributed by atoms with Gasteiger partial charge < -0.3 is 9.84 Å². The zero-order chi connectivity index (χ0) is 9.14. The van der Waals surface area contributed by atoms with E-state index in [0.29, 0.717) is 0 Å². The number of ketones is 1. The van der Waals surface area contributed by atoms with Crippen molar-refractivity contribution in [1.82, 2.24) is 0 Å². The lowest BCUT2D eigenvalue weighted by Crippen LogP contribution is -2.29. The number of methoxy groups -OCH3 is 1. The van der Waals surface area contributed by atoms with Gasteiger partial charge in [0.15, 0.2) is 11.9 Å². The van der Waals surface area contributed by atoms with Crippen LogP contribution >= 0.6 is 0 Å². The van der Waals surface area contributed by atoms with E-state index in [1.807, 2.05) is 0 Å². The molecule has 0 saturated heterocycles. The van der Waals surface area contributed by atoms with E-state index < -0.39 is 18.0 Å². The monoisotopic (exact) mass is 170 g/mol. The molecule has 0 spiro atoms. The number of hydrogen-bond acceptors (Lipinski definition) is 4. The van der Waals surface area contributed by atoms with E-state index in [4.69, 9.17) is 0 Å². The minimum absolute atomic E-state index is 0.0667. The molecular formula is C8H10O4. The second kappa shape index (κ2) is 3.49. The molecule has 1 rings (SSSR count). The summed E-state index contributed by atoms with van der Waals surface area (Å²) in [5.41, 5.74) is 0. The maximum absolute atomic E-state index is 10.8. The molecule has 1 N–H and O–H groups in total. The molecule has 66 valence electrons. The van der Waals surface area contributed by atoms with Crippen LogP contribution in [-0.2, 0) is 14.3 Å². The smallest absolute Gasteiger partial charge is 0.335 e. The van der Waals surface area contributed by atoms with Crippen LogP contribution in [0.3, 0.4) is 0 Å². The van der Waals surface area contributed by atoms with Crippen molar-refractivity contribution in [3.8, 4) is 0 Å². The van der Waals surface area contributed by atoms with Crippen molar-refractivity contribution in [2.45, 2.75) is 12.5 Å². The Bertz CT molecular complexity index is 231. The van der Waals surface area contributed by atoms with Crippen LogP contribution in [0.5, 0.6) is 0 Å². The quantitative estimate of drug-likeness (QED) is 0.576. The van der Waals surface area contributed by atoms with Crippen LogP contribution in [0.25, 0.3) is 0 Å². The summed E-state index contributed by atoms with van der Waals surface area (Å²) in [5.74, 6) is -1.17. The van der Waals surface area contributed by atoms with E-state index in [1.165, 1.54) is 19.3 Å². The molecule has 2 unspecified atom stereocenters. The average Bonchev–Trinajstić information content (AvgIpc) is 2.49. The molecule has 1 aliphatic carbocycles. The number of carbonyl (C=O) groups is 2. The standard InChI is InChI=1S/C8H10O4/c1-12-8(11)7(10)5-2-3-6(9)4-5/h2-3,5,7,10H,4H2,1H3. The summed E-state index contributed by atoms with van der Waals surface area (Å²) in [7, 11) is 1.20. The van der Waals surface area contributed by atoms with Crippen LogP contribution in [0.1, 0.15) is 6.42 Å². The average molecular weight is 170 g/mol. The summed E-state index contributed by atoms with van der Waals surface area (Å²) in [6, 6.07) is 0. The van der Waals surface area contributed by atoms with E-state index in [9.17, 15) is 14.7 Å². The van der Waals surface area contributed by atoms with Crippen LogP contribution < -0.4 is 0 Å². The molecule has 0 fully saturated rings. The van der Waals surface area contributed by atoms with E-state index in [-0.39, 0.29) is 12.2 Å². The first-order valence-electron chi connectivity index (χ1n) is 3.62. The van der Waals surface area contributed by atoms with Crippen LogP contribution in [0.2, 0.25) is 0 Å². The topological polar surface area (TPSA) is 63.6 Å². The van der Waals surface area contributed by atoms with E-state index in [2.05, 4.69) is 4.74 Å². The summed E-state index contributed by atoms with van der Waals surface area (Å²) in [6.45, 7) is 0. The lowest BCUT2D eigenvalue weighted by Gasteiger charge is -2.12. The summed E-state index contributed by atoms with van der Waals surface area (Å²) in [6.07, 6.45) is 1.88. The highest BCUT2D eigenvalue weighted by molar-refractivity contribution is 5.93. The number of carbonyl (C=O) groups excluding carboxylic acids is 2. The van der Waals surface area contributed by atoms with Crippen molar-refractivity contribution in [3.63, 3.8) is 0 Å². The molecule has 12 heavy (non-hydrogen) atoms. The Morgan fingerprint density at radius 2 is 2.50 bits per heavy atom. The summed E-state index contributed by atoms with van der Waals surface area (Å²) in [4.78, 5) is 21.5. The number of hydrogen-bond donors (Lipinski definition) is 1. The van der Waals surface area contributed by atoms with Gasteiger partial charge in [-0.15, -0.1) is 0 Å². The maximum Gasteiger partial charge on any atom is 0.335 e. The first kappa shape index (κ1) is 8.93. The van der Waals surface area contributed by atoms with Crippen molar-refractivity contribution < 1.29 is 19.4 Å². The normalized spacial score (nSPS) is 24.2. The van der Waals surface area contributed by atoms with Crippen LogP contribution in [0, 0.1) is 5.92 Å². The number of aliphatic hydroxyl groups excluding tert-OH is 1. The van der Waals surface area contributed by atoms with E-state index in [1.54, 1.807) is 0 Å². The summed E-state index contributed by atoms with van der Waals surface area (Å²) in [5, 5.41) is 9.26. The molecule has 0 aromatic heterocycles. The predicted octanol–water partition coefficient (Wildman–Crippen LogP) is -0.335. The van der Waals surface area contributed by atoms with Gasteiger partial charge in [0.1, 0.15) is 0 Å². The molecule has 0 aliphatic heterocycles. The Labute approximate surface area is 69.8 Å². The molecule has 0 radical (unpaired) electrons. The third-order valence-electron chi connectivity index (χ3n) is 1.81. The van der Waals surface area contributed by atoms with Gasteiger partial charge >= 0.3 is 5.97 Å². The molecule has 1 aliphatic rings. The van der Waals surface area contributed by atoms with E-state index >= 15 is 0 Å². The molecule has 2 atom stereocenters. The fourth-order valence-corrected chi connectivity index (χ4v) is 1.11. The molecule has 0 heterocycles. The predicted molar refractivity (Wildman–Crippen MR) is 40.3 cm³/mol. The van der Waals surface area contributed by atoms with Crippen LogP contribution in [0.15, 0.2) is 12.2 Å². The fraction of sp³-hybridized carbons (Fsp3) is 0.500. The van der Waals surface area contributed by atoms with Crippen molar-refractivity contribution in [1.29, 1.82) is 0 Å². The highest BCUT2D eigenvalue weighted by Crippen LogP contribution is 2.18. The van der Waals surface area contributed by atoms with Crippen molar-refractivity contribution in [3.05, 3.63) is 12.2 Å². The van der Waals surface area contributed by atoms with Crippen molar-refractivity contribution in [2.24, 2.45) is 5.92 Å². The summed E-state index contributed by atoms with van der Waals surface area (Å²) >= 11 is 0. The highest BCUT2D eigenvalue weighted by Gasteiger charge is 2.29. The second-order valence-corrected chi connectivity index (χ2v) is 2.66. The lowest BCUT2D eigenvalue weighted by atomic mass is 10.0. The van der Waals surface area contributed by atoms with Gasteiger partial charge in [-0.25, -0.2) is 4.79 Å². The van der Waals surface area contributed by atoms with Gasteiger partial charge in [0.25, 0.3) is 0 Å². The van der Waals surface area contributed by atoms with Gasteiger partial charge in [-0.2, -0.15) is 0 Å². The van der Waals surface area contributed by atoms with Crippen LogP contribution in [-0.4, -0.2) is 30.1 Å². The van der Waals surface area contributed by atoms with Gasteiger partial charge in [0, 0.05) is 12.3 Å². The Hall–Kier alpha value is -1.16. The number of esters is 1. The Balaban J connectivity index is 2.55. The molecule has 0 amide bonds. The first-order valence-corrected chi connectivity index (χ1v) is 3.62. The largest absolute Gasteiger partial charge is 0.467 e.